The largest absolute Gasteiger partial charge is 0.508 e. The normalized spacial score (nSPS) is 23.6. The van der Waals surface area contributed by atoms with Gasteiger partial charge < -0.3 is 15.3 Å². The number of aliphatic hydroxyl groups is 2. The van der Waals surface area contributed by atoms with Crippen LogP contribution < -0.4 is 4.90 Å². The Morgan fingerprint density at radius 1 is 1.09 bits per heavy atom. The minimum absolute atomic E-state index is 0.214. The van der Waals surface area contributed by atoms with E-state index in [1.54, 1.807) is 36.4 Å². The second-order valence-electron chi connectivity index (χ2n) is 9.52. The van der Waals surface area contributed by atoms with Crippen molar-refractivity contribution in [2.45, 2.75) is 45.6 Å². The molecule has 0 saturated carbocycles. The fourth-order valence-corrected chi connectivity index (χ4v) is 5.58. The summed E-state index contributed by atoms with van der Waals surface area (Å²) in [6, 6.07) is 15.8. The fourth-order valence-electron chi connectivity index (χ4n) is 5.58. The zero-order valence-electron chi connectivity index (χ0n) is 20.2. The molecule has 1 fully saturated rings. The molecular formula is C29H33NO5. The van der Waals surface area contributed by atoms with Crippen molar-refractivity contribution in [3.8, 4) is 5.75 Å². The number of rotatable bonds is 8. The van der Waals surface area contributed by atoms with E-state index in [0.29, 0.717) is 31.4 Å². The molecule has 0 spiro atoms. The van der Waals surface area contributed by atoms with Crippen LogP contribution in [0.15, 0.2) is 71.3 Å². The van der Waals surface area contributed by atoms with Crippen LogP contribution in [0.25, 0.3) is 6.08 Å². The summed E-state index contributed by atoms with van der Waals surface area (Å²) in [6.07, 6.45) is 3.38. The third kappa shape index (κ3) is 4.95. The van der Waals surface area contributed by atoms with Crippen molar-refractivity contribution in [3.63, 3.8) is 0 Å². The van der Waals surface area contributed by atoms with Crippen molar-refractivity contribution in [2.75, 3.05) is 11.5 Å². The van der Waals surface area contributed by atoms with E-state index >= 15 is 0 Å². The lowest BCUT2D eigenvalue weighted by Gasteiger charge is -2.36. The van der Waals surface area contributed by atoms with Crippen LogP contribution in [0.3, 0.4) is 0 Å². The summed E-state index contributed by atoms with van der Waals surface area (Å²) in [5.41, 5.74) is 4.28. The van der Waals surface area contributed by atoms with E-state index in [1.165, 1.54) is 4.90 Å². The average molecular weight is 476 g/mol. The molecule has 4 rings (SSSR count). The maximum absolute atomic E-state index is 13.4. The van der Waals surface area contributed by atoms with Gasteiger partial charge in [-0.05, 0) is 68.0 Å². The van der Waals surface area contributed by atoms with Crippen LogP contribution in [-0.4, -0.2) is 39.8 Å². The quantitative estimate of drug-likeness (QED) is 0.387. The molecule has 2 amide bonds. The molecule has 0 radical (unpaired) electrons. The summed E-state index contributed by atoms with van der Waals surface area (Å²) in [6.45, 7) is 3.69. The third-order valence-electron chi connectivity index (χ3n) is 7.30. The standard InChI is InChI=1S/C29H33NO5/c1-3-20-16-23-27(29(35)30(28(23)34)21-7-5-4-6-8-21)24(17-31)26(20)25(33)14-9-18(2)15-19-10-12-22(32)13-11-19/h4-8,10-13,15,23-25,27,31-33H,3,9,14,16-17H2,1-2H3/b18-15+/t23-,24+,25-,27-/m1/s1. The predicted molar refractivity (Wildman–Crippen MR) is 135 cm³/mol. The van der Waals surface area contributed by atoms with Crippen molar-refractivity contribution in [2.24, 2.45) is 17.8 Å². The second-order valence-corrected chi connectivity index (χ2v) is 9.52. The van der Waals surface area contributed by atoms with Gasteiger partial charge in [-0.1, -0.05) is 54.5 Å². The first kappa shape index (κ1) is 24.9. The molecule has 2 aliphatic rings. The van der Waals surface area contributed by atoms with Gasteiger partial charge in [0.05, 0.1) is 30.2 Å². The smallest absolute Gasteiger partial charge is 0.238 e. The molecule has 1 aliphatic heterocycles. The van der Waals surface area contributed by atoms with Crippen LogP contribution >= 0.6 is 0 Å². The molecule has 1 heterocycles. The number of carbonyl (C=O) groups is 2. The fraction of sp³-hybridized carbons (Fsp3) is 0.379. The number of hydrogen-bond donors (Lipinski definition) is 3. The number of amides is 2. The van der Waals surface area contributed by atoms with Crippen molar-refractivity contribution < 1.29 is 24.9 Å². The highest BCUT2D eigenvalue weighted by Crippen LogP contribution is 2.47. The van der Waals surface area contributed by atoms with E-state index in [2.05, 4.69) is 0 Å². The molecule has 0 aromatic heterocycles. The van der Waals surface area contributed by atoms with E-state index < -0.39 is 23.9 Å². The highest BCUT2D eigenvalue weighted by Gasteiger charge is 2.55. The van der Waals surface area contributed by atoms with Gasteiger partial charge in [-0.2, -0.15) is 0 Å². The number of allylic oxidation sites excluding steroid dienone is 2. The molecule has 0 unspecified atom stereocenters. The Kier molecular flexibility index (Phi) is 7.53. The van der Waals surface area contributed by atoms with Crippen LogP contribution in [-0.2, 0) is 9.59 Å². The first-order chi connectivity index (χ1) is 16.8. The van der Waals surface area contributed by atoms with Crippen LogP contribution in [0.1, 0.15) is 45.1 Å². The lowest BCUT2D eigenvalue weighted by atomic mass is 9.67. The Morgan fingerprint density at radius 2 is 1.77 bits per heavy atom. The summed E-state index contributed by atoms with van der Waals surface area (Å²) in [5.74, 6) is -2.07. The third-order valence-corrected chi connectivity index (χ3v) is 7.30. The Bertz CT molecular complexity index is 1140. The lowest BCUT2D eigenvalue weighted by molar-refractivity contribution is -0.123. The van der Waals surface area contributed by atoms with E-state index in [0.717, 1.165) is 22.3 Å². The number of nitrogens with zero attached hydrogens (tertiary/aromatic N) is 1. The molecule has 6 heteroatoms. The minimum Gasteiger partial charge on any atom is -0.508 e. The molecule has 35 heavy (non-hydrogen) atoms. The number of anilines is 1. The number of carbonyl (C=O) groups excluding carboxylic acids is 2. The summed E-state index contributed by atoms with van der Waals surface area (Å²) in [5, 5.41) is 31.1. The van der Waals surface area contributed by atoms with Gasteiger partial charge >= 0.3 is 0 Å². The number of imide groups is 1. The summed E-state index contributed by atoms with van der Waals surface area (Å²) < 4.78 is 0. The van der Waals surface area contributed by atoms with E-state index in [9.17, 15) is 24.9 Å². The Morgan fingerprint density at radius 3 is 2.40 bits per heavy atom. The summed E-state index contributed by atoms with van der Waals surface area (Å²) in [7, 11) is 0. The second kappa shape index (κ2) is 10.6. The molecular weight excluding hydrogens is 442 g/mol. The molecule has 2 aromatic rings. The SMILES string of the molecule is CCC1=C([C@H](O)CC/C(C)=C/c2ccc(O)cc2)[C@H](CO)[C@@H]2C(=O)N(c3ccccc3)C(=O)[C@@H]2C1. The summed E-state index contributed by atoms with van der Waals surface area (Å²) in [4.78, 5) is 28.0. The van der Waals surface area contributed by atoms with E-state index in [4.69, 9.17) is 0 Å². The molecule has 0 bridgehead atoms. The zero-order valence-corrected chi connectivity index (χ0v) is 20.2. The van der Waals surface area contributed by atoms with Crippen molar-refractivity contribution in [1.29, 1.82) is 0 Å². The highest BCUT2D eigenvalue weighted by atomic mass is 16.3. The van der Waals surface area contributed by atoms with E-state index in [1.807, 2.05) is 38.1 Å². The van der Waals surface area contributed by atoms with Gasteiger partial charge in [0.15, 0.2) is 0 Å². The number of hydrogen-bond acceptors (Lipinski definition) is 5. The van der Waals surface area contributed by atoms with Gasteiger partial charge in [0.1, 0.15) is 5.75 Å². The number of phenols is 1. The predicted octanol–water partition coefficient (Wildman–Crippen LogP) is 4.46. The molecule has 3 N–H and O–H groups in total. The van der Waals surface area contributed by atoms with Crippen LogP contribution in [0, 0.1) is 17.8 Å². The Hall–Kier alpha value is -3.22. The topological polar surface area (TPSA) is 98.1 Å². The average Bonchev–Trinajstić information content (AvgIpc) is 3.12. The monoisotopic (exact) mass is 475 g/mol. The Labute approximate surface area is 206 Å². The molecule has 4 atom stereocenters. The van der Waals surface area contributed by atoms with Crippen LogP contribution in [0.4, 0.5) is 5.69 Å². The molecule has 1 saturated heterocycles. The number of aliphatic hydroxyl groups excluding tert-OH is 2. The first-order valence-electron chi connectivity index (χ1n) is 12.3. The van der Waals surface area contributed by atoms with Gasteiger partial charge in [0, 0.05) is 5.92 Å². The van der Waals surface area contributed by atoms with Gasteiger partial charge in [0.25, 0.3) is 0 Å². The molecule has 2 aromatic carbocycles. The van der Waals surface area contributed by atoms with Crippen molar-refractivity contribution in [3.05, 3.63) is 76.9 Å². The van der Waals surface area contributed by atoms with Gasteiger partial charge in [-0.25, -0.2) is 0 Å². The van der Waals surface area contributed by atoms with Crippen molar-refractivity contribution in [1.82, 2.24) is 0 Å². The first-order valence-corrected chi connectivity index (χ1v) is 12.3. The van der Waals surface area contributed by atoms with Crippen molar-refractivity contribution >= 4 is 23.6 Å². The zero-order chi connectivity index (χ0) is 25.1. The maximum atomic E-state index is 13.4. The van der Waals surface area contributed by atoms with Crippen LogP contribution in [0.2, 0.25) is 0 Å². The number of para-hydroxylation sites is 1. The minimum atomic E-state index is -0.806. The lowest BCUT2D eigenvalue weighted by Crippen LogP contribution is -2.39. The van der Waals surface area contributed by atoms with Gasteiger partial charge in [0.2, 0.25) is 11.8 Å². The number of phenolic OH excluding ortho intramolecular Hbond substituents is 1. The Balaban J connectivity index is 1.55. The van der Waals surface area contributed by atoms with Crippen LogP contribution in [0.5, 0.6) is 5.75 Å². The van der Waals surface area contributed by atoms with Gasteiger partial charge in [-0.15, -0.1) is 0 Å². The van der Waals surface area contributed by atoms with Gasteiger partial charge in [-0.3, -0.25) is 14.5 Å². The number of fused-ring (bicyclic) bond motifs is 1. The molecule has 6 nitrogen and oxygen atoms in total. The number of aromatic hydroxyl groups is 1. The molecule has 184 valence electrons. The molecule has 1 aliphatic carbocycles. The maximum Gasteiger partial charge on any atom is 0.238 e. The summed E-state index contributed by atoms with van der Waals surface area (Å²) >= 11 is 0. The number of benzene rings is 2. The highest BCUT2D eigenvalue weighted by molar-refractivity contribution is 6.22. The van der Waals surface area contributed by atoms with E-state index in [-0.39, 0.29) is 24.2 Å².